The van der Waals surface area contributed by atoms with Crippen LogP contribution in [0, 0.1) is 6.92 Å². The van der Waals surface area contributed by atoms with Crippen LogP contribution in [0.25, 0.3) is 0 Å². The summed E-state index contributed by atoms with van der Waals surface area (Å²) < 4.78 is 6.01. The predicted octanol–water partition coefficient (Wildman–Crippen LogP) is 2.50. The second kappa shape index (κ2) is 7.47. The number of esters is 1. The number of ether oxygens (including phenoxy) is 1. The van der Waals surface area contributed by atoms with E-state index in [9.17, 15) is 14.4 Å². The highest BCUT2D eigenvalue weighted by Gasteiger charge is 2.24. The van der Waals surface area contributed by atoms with Crippen LogP contribution in [0.1, 0.15) is 51.0 Å². The van der Waals surface area contributed by atoms with Crippen LogP contribution in [-0.2, 0) is 16.0 Å². The number of anilines is 1. The first-order valence-electron chi connectivity index (χ1n) is 7.59. The topological polar surface area (TPSA) is 111 Å². The lowest BCUT2D eigenvalue weighted by Crippen LogP contribution is -2.16. The van der Waals surface area contributed by atoms with Crippen LogP contribution >= 0.6 is 11.3 Å². The minimum Gasteiger partial charge on any atom is -0.480 e. The maximum atomic E-state index is 12.4. The summed E-state index contributed by atoms with van der Waals surface area (Å²) in [4.78, 5) is 36.4. The quantitative estimate of drug-likeness (QED) is 0.761. The fourth-order valence-corrected chi connectivity index (χ4v) is 3.49. The molecule has 0 spiro atoms. The molecule has 0 aliphatic heterocycles. The Bertz CT molecular complexity index is 824. The van der Waals surface area contributed by atoms with E-state index in [1.54, 1.807) is 0 Å². The first-order valence-corrected chi connectivity index (χ1v) is 8.40. The van der Waals surface area contributed by atoms with E-state index in [1.807, 2.05) is 13.8 Å². The number of methoxy groups -OCH3 is 1. The van der Waals surface area contributed by atoms with E-state index in [0.29, 0.717) is 17.0 Å². The Morgan fingerprint density at radius 2 is 2.12 bits per heavy atom. The summed E-state index contributed by atoms with van der Waals surface area (Å²) in [5.74, 6) is -2.03. The lowest BCUT2D eigenvalue weighted by molar-refractivity contribution is -0.140. The van der Waals surface area contributed by atoms with Gasteiger partial charge in [-0.15, -0.1) is 11.3 Å². The van der Waals surface area contributed by atoms with Crippen LogP contribution < -0.4 is 5.32 Å². The maximum absolute atomic E-state index is 12.4. The molecule has 0 radical (unpaired) electrons. The van der Waals surface area contributed by atoms with Crippen molar-refractivity contribution in [1.82, 2.24) is 9.78 Å². The fourth-order valence-electron chi connectivity index (χ4n) is 2.37. The van der Waals surface area contributed by atoms with Crippen molar-refractivity contribution in [3.63, 3.8) is 0 Å². The molecule has 0 saturated carbocycles. The molecule has 0 fully saturated rings. The van der Waals surface area contributed by atoms with Crippen molar-refractivity contribution in [3.05, 3.63) is 34.0 Å². The summed E-state index contributed by atoms with van der Waals surface area (Å²) in [7, 11) is 1.29. The number of carboxylic acid groups (broad SMARTS) is 1. The number of hydrogen-bond donors (Lipinski definition) is 2. The number of nitrogens with one attached hydrogen (secondary N) is 1. The van der Waals surface area contributed by atoms with Gasteiger partial charge in [-0.2, -0.15) is 5.10 Å². The van der Waals surface area contributed by atoms with Crippen LogP contribution in [0.5, 0.6) is 0 Å². The summed E-state index contributed by atoms with van der Waals surface area (Å²) in [5, 5.41) is 16.0. The van der Waals surface area contributed by atoms with Crippen molar-refractivity contribution < 1.29 is 24.2 Å². The standard InChI is InChI=1S/C16H19N3O5S/c1-5-11-9(3)25-14(12(11)16(23)24-4)18-13(20)10-6-17-19(7-10)8(2)15(21)22/h6-8H,5H2,1-4H3,(H,18,20)(H,21,22). The second-order valence-electron chi connectivity index (χ2n) is 5.36. The Balaban J connectivity index is 2.29. The van der Waals surface area contributed by atoms with Gasteiger partial charge in [-0.05, 0) is 25.8 Å². The molecule has 2 N–H and O–H groups in total. The Labute approximate surface area is 148 Å². The minimum atomic E-state index is -1.05. The zero-order valence-corrected chi connectivity index (χ0v) is 15.1. The number of rotatable bonds is 6. The van der Waals surface area contributed by atoms with E-state index >= 15 is 0 Å². The van der Waals surface area contributed by atoms with Crippen LogP contribution in [0.4, 0.5) is 5.00 Å². The predicted molar refractivity (Wildman–Crippen MR) is 92.3 cm³/mol. The molecule has 0 aliphatic rings. The van der Waals surface area contributed by atoms with Crippen LogP contribution in [0.3, 0.4) is 0 Å². The van der Waals surface area contributed by atoms with Crippen molar-refractivity contribution in [3.8, 4) is 0 Å². The second-order valence-corrected chi connectivity index (χ2v) is 6.59. The number of carboxylic acids is 1. The van der Waals surface area contributed by atoms with E-state index in [-0.39, 0.29) is 5.56 Å². The SMILES string of the molecule is CCc1c(C)sc(NC(=O)c2cnn(C(C)C(=O)O)c2)c1C(=O)OC. The zero-order chi connectivity index (χ0) is 18.7. The number of thiophene rings is 1. The molecule has 0 aliphatic carbocycles. The number of aliphatic carboxylic acids is 1. The molecule has 25 heavy (non-hydrogen) atoms. The Hall–Kier alpha value is -2.68. The van der Waals surface area contributed by atoms with Gasteiger partial charge >= 0.3 is 11.9 Å². The number of hydrogen-bond acceptors (Lipinski definition) is 6. The van der Waals surface area contributed by atoms with Crippen molar-refractivity contribution in [1.29, 1.82) is 0 Å². The average Bonchev–Trinajstić information content (AvgIpc) is 3.17. The summed E-state index contributed by atoms with van der Waals surface area (Å²) in [6, 6.07) is -0.886. The zero-order valence-electron chi connectivity index (χ0n) is 14.3. The number of aryl methyl sites for hydroxylation is 1. The van der Waals surface area contributed by atoms with Gasteiger partial charge in [0.05, 0.1) is 24.4 Å². The maximum Gasteiger partial charge on any atom is 0.341 e. The summed E-state index contributed by atoms with van der Waals surface area (Å²) >= 11 is 1.30. The van der Waals surface area contributed by atoms with Gasteiger partial charge in [0, 0.05) is 11.1 Å². The Kier molecular flexibility index (Phi) is 5.58. The average molecular weight is 365 g/mol. The summed E-state index contributed by atoms with van der Waals surface area (Å²) in [6.45, 7) is 5.26. The molecule has 8 nitrogen and oxygen atoms in total. The van der Waals surface area contributed by atoms with Gasteiger partial charge in [0.1, 0.15) is 11.0 Å². The van der Waals surface area contributed by atoms with Gasteiger partial charge in [0.25, 0.3) is 5.91 Å². The van der Waals surface area contributed by atoms with Gasteiger partial charge in [0.2, 0.25) is 0 Å². The van der Waals surface area contributed by atoms with Gasteiger partial charge in [-0.25, -0.2) is 9.59 Å². The van der Waals surface area contributed by atoms with Gasteiger partial charge in [-0.1, -0.05) is 6.92 Å². The van der Waals surface area contributed by atoms with Gasteiger partial charge < -0.3 is 15.2 Å². The van der Waals surface area contributed by atoms with E-state index in [1.165, 1.54) is 42.4 Å². The molecular formula is C16H19N3O5S. The van der Waals surface area contributed by atoms with E-state index in [2.05, 4.69) is 10.4 Å². The minimum absolute atomic E-state index is 0.202. The first-order chi connectivity index (χ1) is 11.8. The summed E-state index contributed by atoms with van der Waals surface area (Å²) in [6.07, 6.45) is 3.28. The normalized spacial score (nSPS) is 11.8. The third-order valence-corrected chi connectivity index (χ3v) is 4.86. The highest BCUT2D eigenvalue weighted by Crippen LogP contribution is 2.34. The molecule has 2 aromatic heterocycles. The lowest BCUT2D eigenvalue weighted by atomic mass is 10.1. The van der Waals surface area contributed by atoms with Crippen LogP contribution in [-0.4, -0.2) is 39.8 Å². The van der Waals surface area contributed by atoms with Crippen molar-refractivity contribution in [2.24, 2.45) is 0 Å². The molecule has 2 rings (SSSR count). The molecule has 134 valence electrons. The fraction of sp³-hybridized carbons (Fsp3) is 0.375. The molecule has 1 amide bonds. The highest BCUT2D eigenvalue weighted by molar-refractivity contribution is 7.16. The monoisotopic (exact) mass is 365 g/mol. The lowest BCUT2D eigenvalue weighted by Gasteiger charge is -2.06. The van der Waals surface area contributed by atoms with Crippen LogP contribution in [0.2, 0.25) is 0 Å². The molecule has 9 heteroatoms. The molecule has 2 heterocycles. The van der Waals surface area contributed by atoms with Crippen molar-refractivity contribution in [2.45, 2.75) is 33.2 Å². The molecular weight excluding hydrogens is 346 g/mol. The number of amides is 1. The number of nitrogens with zero attached hydrogens (tertiary/aromatic N) is 2. The van der Waals surface area contributed by atoms with Crippen molar-refractivity contribution in [2.75, 3.05) is 12.4 Å². The number of aromatic nitrogens is 2. The molecule has 0 saturated heterocycles. The largest absolute Gasteiger partial charge is 0.480 e. The summed E-state index contributed by atoms with van der Waals surface area (Å²) in [5.41, 5.74) is 1.39. The van der Waals surface area contributed by atoms with E-state index < -0.39 is 23.9 Å². The van der Waals surface area contributed by atoms with E-state index in [4.69, 9.17) is 9.84 Å². The number of carbonyl (C=O) groups is 3. The third kappa shape index (κ3) is 3.71. The molecule has 2 aromatic rings. The smallest absolute Gasteiger partial charge is 0.341 e. The third-order valence-electron chi connectivity index (χ3n) is 3.80. The molecule has 1 unspecified atom stereocenters. The van der Waals surface area contributed by atoms with E-state index in [0.717, 1.165) is 10.4 Å². The molecule has 0 bridgehead atoms. The molecule has 0 aromatic carbocycles. The number of carbonyl (C=O) groups excluding carboxylic acids is 2. The van der Waals surface area contributed by atoms with Crippen molar-refractivity contribution >= 4 is 34.2 Å². The van der Waals surface area contributed by atoms with Crippen LogP contribution in [0.15, 0.2) is 12.4 Å². The Morgan fingerprint density at radius 1 is 1.44 bits per heavy atom. The van der Waals surface area contributed by atoms with Gasteiger partial charge in [0.15, 0.2) is 0 Å². The highest BCUT2D eigenvalue weighted by atomic mass is 32.1. The first kappa shape index (κ1) is 18.7. The van der Waals surface area contributed by atoms with Gasteiger partial charge in [-0.3, -0.25) is 9.48 Å². The Morgan fingerprint density at radius 3 is 2.68 bits per heavy atom. The molecule has 1 atom stereocenters.